The Bertz CT molecular complexity index is 1210. The van der Waals surface area contributed by atoms with Gasteiger partial charge in [0.1, 0.15) is 22.4 Å². The van der Waals surface area contributed by atoms with E-state index in [0.29, 0.717) is 5.75 Å². The van der Waals surface area contributed by atoms with E-state index in [1.807, 2.05) is 17.0 Å². The molecule has 32 heavy (non-hydrogen) atoms. The standard InChI is InChI=1S/C21H21ClN4O5S/c1-30-19(27)8-11-32(28,29)25-17-4-2-5-18(20(17)22)31-14-6-7-16-15(12-14)21-23-9-3-10-26(21)13-24-16/h2,4-7,12-13,25H,3,8-11H2,1H3. The Hall–Kier alpha value is -3.11. The highest BCUT2D eigenvalue weighted by Crippen LogP contribution is 2.37. The van der Waals surface area contributed by atoms with Gasteiger partial charge in [-0.2, -0.15) is 0 Å². The highest BCUT2D eigenvalue weighted by molar-refractivity contribution is 7.92. The molecular weight excluding hydrogens is 456 g/mol. The third-order valence-corrected chi connectivity index (χ3v) is 6.56. The van der Waals surface area contributed by atoms with E-state index in [2.05, 4.69) is 19.4 Å². The lowest BCUT2D eigenvalue weighted by Gasteiger charge is -2.29. The van der Waals surface area contributed by atoms with Gasteiger partial charge in [-0.25, -0.2) is 13.4 Å². The van der Waals surface area contributed by atoms with Gasteiger partial charge in [-0.05, 0) is 36.8 Å². The first-order valence-electron chi connectivity index (χ1n) is 9.90. The number of carbonyl (C=O) groups excluding carboxylic acids is 1. The summed E-state index contributed by atoms with van der Waals surface area (Å²) in [6, 6.07) is 10.2. The van der Waals surface area contributed by atoms with Gasteiger partial charge in [0.05, 0.1) is 37.0 Å². The zero-order valence-electron chi connectivity index (χ0n) is 17.2. The summed E-state index contributed by atoms with van der Waals surface area (Å²) in [7, 11) is -2.61. The topological polar surface area (TPSA) is 110 Å². The number of anilines is 1. The summed E-state index contributed by atoms with van der Waals surface area (Å²) in [5, 5.41) is 0.0986. The lowest BCUT2D eigenvalue weighted by Crippen LogP contribution is -2.36. The fraction of sp³-hybridized carbons (Fsp3) is 0.286. The molecule has 9 nitrogen and oxygen atoms in total. The molecule has 4 rings (SSSR count). The monoisotopic (exact) mass is 476 g/mol. The van der Waals surface area contributed by atoms with Gasteiger partial charge in [0.15, 0.2) is 0 Å². The molecule has 0 unspecified atom stereocenters. The number of nitrogens with zero attached hydrogens (tertiary/aromatic N) is 3. The Morgan fingerprint density at radius 1 is 1.28 bits per heavy atom. The van der Waals surface area contributed by atoms with Gasteiger partial charge in [0.2, 0.25) is 10.0 Å². The molecule has 0 spiro atoms. The molecule has 2 aromatic carbocycles. The summed E-state index contributed by atoms with van der Waals surface area (Å²) in [6.45, 7) is 1.62. The SMILES string of the molecule is COC(=O)CCS(=O)(=O)Nc1cccc(Oc2ccc3c(c2)C2=NCCCN2C=N3)c1Cl. The molecule has 0 fully saturated rings. The van der Waals surface area contributed by atoms with Crippen LogP contribution in [0.25, 0.3) is 0 Å². The van der Waals surface area contributed by atoms with Crippen molar-refractivity contribution in [3.8, 4) is 11.5 Å². The summed E-state index contributed by atoms with van der Waals surface area (Å²) in [5.41, 5.74) is 1.81. The van der Waals surface area contributed by atoms with Crippen molar-refractivity contribution in [2.75, 3.05) is 30.7 Å². The Morgan fingerprint density at radius 2 is 2.12 bits per heavy atom. The normalized spacial score (nSPS) is 14.8. The lowest BCUT2D eigenvalue weighted by molar-refractivity contribution is -0.140. The Balaban J connectivity index is 1.54. The minimum absolute atomic E-state index is 0.0986. The molecule has 0 aromatic heterocycles. The van der Waals surface area contributed by atoms with Gasteiger partial charge in [0.25, 0.3) is 0 Å². The van der Waals surface area contributed by atoms with Crippen molar-refractivity contribution in [3.05, 3.63) is 47.0 Å². The van der Waals surface area contributed by atoms with Crippen LogP contribution < -0.4 is 9.46 Å². The maximum Gasteiger partial charge on any atom is 0.306 e. The molecular formula is C21H21ClN4O5S. The number of sulfonamides is 1. The lowest BCUT2D eigenvalue weighted by atomic mass is 10.1. The molecule has 1 N–H and O–H groups in total. The van der Waals surface area contributed by atoms with Crippen LogP contribution in [0.3, 0.4) is 0 Å². The van der Waals surface area contributed by atoms with Crippen molar-refractivity contribution in [2.24, 2.45) is 9.98 Å². The second kappa shape index (κ2) is 9.17. The van der Waals surface area contributed by atoms with Crippen LogP contribution >= 0.6 is 11.6 Å². The Labute approximate surface area is 190 Å². The van der Waals surface area contributed by atoms with Gasteiger partial charge >= 0.3 is 5.97 Å². The second-order valence-electron chi connectivity index (χ2n) is 7.14. The van der Waals surface area contributed by atoms with E-state index in [9.17, 15) is 13.2 Å². The maximum absolute atomic E-state index is 12.3. The van der Waals surface area contributed by atoms with Gasteiger partial charge in [-0.15, -0.1) is 0 Å². The first-order valence-corrected chi connectivity index (χ1v) is 11.9. The number of methoxy groups -OCH3 is 1. The van der Waals surface area contributed by atoms with E-state index in [1.165, 1.54) is 13.2 Å². The average molecular weight is 477 g/mol. The second-order valence-corrected chi connectivity index (χ2v) is 9.36. The summed E-state index contributed by atoms with van der Waals surface area (Å²) < 4.78 is 37.4. The number of amidine groups is 1. The van der Waals surface area contributed by atoms with E-state index in [0.717, 1.165) is 36.6 Å². The summed E-state index contributed by atoms with van der Waals surface area (Å²) >= 11 is 6.41. The van der Waals surface area contributed by atoms with Gasteiger partial charge in [0, 0.05) is 18.7 Å². The summed E-state index contributed by atoms with van der Waals surface area (Å²) in [5.74, 6) is 0.606. The smallest absolute Gasteiger partial charge is 0.306 e. The number of hydrogen-bond donors (Lipinski definition) is 1. The number of rotatable bonds is 7. The highest BCUT2D eigenvalue weighted by atomic mass is 35.5. The molecule has 2 heterocycles. The molecule has 0 bridgehead atoms. The largest absolute Gasteiger partial charge is 0.469 e. The molecule has 0 radical (unpaired) electrons. The van der Waals surface area contributed by atoms with Crippen LogP contribution in [-0.2, 0) is 19.6 Å². The van der Waals surface area contributed by atoms with Crippen LogP contribution in [0.5, 0.6) is 11.5 Å². The molecule has 0 aliphatic carbocycles. The van der Waals surface area contributed by atoms with Gasteiger partial charge < -0.3 is 14.4 Å². The molecule has 2 aliphatic rings. The number of ether oxygens (including phenoxy) is 2. The number of hydrogen-bond acceptors (Lipinski definition) is 8. The molecule has 0 saturated heterocycles. The van der Waals surface area contributed by atoms with Crippen LogP contribution in [0.4, 0.5) is 11.4 Å². The fourth-order valence-corrected chi connectivity index (χ4v) is 4.62. The first-order chi connectivity index (χ1) is 15.4. The minimum Gasteiger partial charge on any atom is -0.469 e. The molecule has 168 valence electrons. The van der Waals surface area contributed by atoms with Crippen molar-refractivity contribution < 1.29 is 22.7 Å². The number of halogens is 1. The molecule has 0 saturated carbocycles. The number of carbonyl (C=O) groups is 1. The first kappa shape index (κ1) is 22.1. The van der Waals surface area contributed by atoms with Crippen LogP contribution in [0.15, 0.2) is 46.4 Å². The number of nitrogens with one attached hydrogen (secondary N) is 1. The third kappa shape index (κ3) is 4.86. The number of fused-ring (bicyclic) bond motifs is 3. The van der Waals surface area contributed by atoms with E-state index in [1.54, 1.807) is 24.5 Å². The summed E-state index contributed by atoms with van der Waals surface area (Å²) in [6.07, 6.45) is 2.49. The van der Waals surface area contributed by atoms with Crippen molar-refractivity contribution in [2.45, 2.75) is 12.8 Å². The predicted molar refractivity (Wildman–Crippen MR) is 123 cm³/mol. The van der Waals surface area contributed by atoms with E-state index in [4.69, 9.17) is 16.3 Å². The zero-order chi connectivity index (χ0) is 22.7. The van der Waals surface area contributed by atoms with Crippen molar-refractivity contribution in [1.29, 1.82) is 0 Å². The number of benzene rings is 2. The maximum atomic E-state index is 12.3. The fourth-order valence-electron chi connectivity index (χ4n) is 3.31. The molecule has 11 heteroatoms. The van der Waals surface area contributed by atoms with Crippen LogP contribution in [0, 0.1) is 0 Å². The zero-order valence-corrected chi connectivity index (χ0v) is 18.8. The van der Waals surface area contributed by atoms with Crippen molar-refractivity contribution in [3.63, 3.8) is 0 Å². The third-order valence-electron chi connectivity index (χ3n) is 4.90. The van der Waals surface area contributed by atoms with E-state index in [-0.39, 0.29) is 22.9 Å². The van der Waals surface area contributed by atoms with Crippen molar-refractivity contribution >= 4 is 51.1 Å². The minimum atomic E-state index is -3.81. The number of esters is 1. The quantitative estimate of drug-likeness (QED) is 0.612. The Morgan fingerprint density at radius 3 is 2.94 bits per heavy atom. The Kier molecular flexibility index (Phi) is 6.33. The van der Waals surface area contributed by atoms with E-state index < -0.39 is 21.7 Å². The molecule has 0 atom stereocenters. The highest BCUT2D eigenvalue weighted by Gasteiger charge is 2.23. The number of aliphatic imine (C=N–C) groups is 2. The van der Waals surface area contributed by atoms with Crippen LogP contribution in [0.2, 0.25) is 5.02 Å². The van der Waals surface area contributed by atoms with Gasteiger partial charge in [-0.1, -0.05) is 17.7 Å². The van der Waals surface area contributed by atoms with Crippen LogP contribution in [0.1, 0.15) is 18.4 Å². The van der Waals surface area contributed by atoms with E-state index >= 15 is 0 Å². The average Bonchev–Trinajstić information content (AvgIpc) is 2.80. The molecule has 0 amide bonds. The summed E-state index contributed by atoms with van der Waals surface area (Å²) in [4.78, 5) is 22.3. The molecule has 2 aromatic rings. The molecule has 2 aliphatic heterocycles. The van der Waals surface area contributed by atoms with Gasteiger partial charge in [-0.3, -0.25) is 14.5 Å². The van der Waals surface area contributed by atoms with Crippen molar-refractivity contribution in [1.82, 2.24) is 4.90 Å². The predicted octanol–water partition coefficient (Wildman–Crippen LogP) is 3.56. The van der Waals surface area contributed by atoms with Crippen LogP contribution in [-0.4, -0.2) is 57.4 Å².